The maximum Gasteiger partial charge on any atom is 0.307 e. The first-order valence-electron chi connectivity index (χ1n) is 5.47. The molecule has 0 aromatic rings. The number of carbonyl (C=O) groups is 2. The largest absolute Gasteiger partial charge is 0.481 e. The van der Waals surface area contributed by atoms with Crippen LogP contribution >= 0.6 is 0 Å². The highest BCUT2D eigenvalue weighted by molar-refractivity contribution is 5.84. The summed E-state index contributed by atoms with van der Waals surface area (Å²) >= 11 is 0. The Bertz CT molecular complexity index is 252. The van der Waals surface area contributed by atoms with E-state index in [0.29, 0.717) is 0 Å². The highest BCUT2D eigenvalue weighted by atomic mass is 16.4. The first-order chi connectivity index (χ1) is 7.32. The molecule has 0 bridgehead atoms. The molecule has 0 radical (unpaired) electrons. The molecular formula is C11H21NO4. The summed E-state index contributed by atoms with van der Waals surface area (Å²) in [6.07, 6.45) is 0. The van der Waals surface area contributed by atoms with Gasteiger partial charge in [0.05, 0.1) is 12.5 Å². The second-order valence-corrected chi connectivity index (χ2v) is 4.26. The molecule has 0 aliphatic heterocycles. The normalized spacial score (nSPS) is 14.6. The zero-order valence-corrected chi connectivity index (χ0v) is 10.3. The molecule has 0 heterocycles. The molecule has 0 aliphatic rings. The molecule has 0 spiro atoms. The van der Waals surface area contributed by atoms with Gasteiger partial charge in [-0.05, 0) is 13.8 Å². The van der Waals surface area contributed by atoms with Crippen LogP contribution in [0.3, 0.4) is 0 Å². The Balaban J connectivity index is 4.66. The van der Waals surface area contributed by atoms with E-state index in [4.69, 9.17) is 10.2 Å². The van der Waals surface area contributed by atoms with E-state index in [2.05, 4.69) is 0 Å². The Morgan fingerprint density at radius 2 is 1.62 bits per heavy atom. The first kappa shape index (κ1) is 14.9. The lowest BCUT2D eigenvalue weighted by Gasteiger charge is -2.30. The van der Waals surface area contributed by atoms with Crippen LogP contribution in [0.25, 0.3) is 0 Å². The van der Waals surface area contributed by atoms with Crippen molar-refractivity contribution in [3.63, 3.8) is 0 Å². The molecule has 94 valence electrons. The number of aliphatic carboxylic acids is 1. The fraction of sp³-hybridized carbons (Fsp3) is 0.818. The number of amides is 1. The van der Waals surface area contributed by atoms with Crippen molar-refractivity contribution in [2.75, 3.05) is 13.2 Å². The quantitative estimate of drug-likeness (QED) is 0.700. The summed E-state index contributed by atoms with van der Waals surface area (Å²) in [4.78, 5) is 24.3. The summed E-state index contributed by atoms with van der Waals surface area (Å²) in [6.45, 7) is 6.93. The minimum atomic E-state index is -0.978. The number of carboxylic acid groups (broad SMARTS) is 1. The Kier molecular flexibility index (Phi) is 6.03. The van der Waals surface area contributed by atoms with Gasteiger partial charge in [0.15, 0.2) is 0 Å². The van der Waals surface area contributed by atoms with E-state index in [1.807, 2.05) is 13.8 Å². The van der Waals surface area contributed by atoms with Crippen molar-refractivity contribution in [3.05, 3.63) is 0 Å². The smallest absolute Gasteiger partial charge is 0.307 e. The van der Waals surface area contributed by atoms with Gasteiger partial charge in [0.2, 0.25) is 5.91 Å². The molecule has 2 unspecified atom stereocenters. The van der Waals surface area contributed by atoms with Crippen LogP contribution in [-0.2, 0) is 9.59 Å². The number of nitrogens with zero attached hydrogens (tertiary/aromatic N) is 1. The molecular weight excluding hydrogens is 210 g/mol. The number of carbonyl (C=O) groups excluding carboxylic acids is 1. The van der Waals surface area contributed by atoms with E-state index in [1.165, 1.54) is 11.8 Å². The highest BCUT2D eigenvalue weighted by Crippen LogP contribution is 2.16. The highest BCUT2D eigenvalue weighted by Gasteiger charge is 2.30. The van der Waals surface area contributed by atoms with Crippen molar-refractivity contribution in [3.8, 4) is 0 Å². The molecule has 0 aromatic heterocycles. The van der Waals surface area contributed by atoms with Gasteiger partial charge in [-0.1, -0.05) is 13.8 Å². The number of aliphatic hydroxyl groups excluding tert-OH is 1. The van der Waals surface area contributed by atoms with Crippen LogP contribution in [0.5, 0.6) is 0 Å². The van der Waals surface area contributed by atoms with Gasteiger partial charge < -0.3 is 15.1 Å². The molecule has 16 heavy (non-hydrogen) atoms. The van der Waals surface area contributed by atoms with E-state index >= 15 is 0 Å². The van der Waals surface area contributed by atoms with Gasteiger partial charge in [0.25, 0.3) is 0 Å². The molecule has 5 nitrogen and oxygen atoms in total. The Labute approximate surface area is 96.1 Å². The molecule has 5 heteroatoms. The van der Waals surface area contributed by atoms with Crippen LogP contribution < -0.4 is 0 Å². The van der Waals surface area contributed by atoms with Crippen LogP contribution in [0.1, 0.15) is 27.7 Å². The zero-order valence-electron chi connectivity index (χ0n) is 10.3. The van der Waals surface area contributed by atoms with E-state index in [0.717, 1.165) is 0 Å². The van der Waals surface area contributed by atoms with Crippen LogP contribution in [0.2, 0.25) is 0 Å². The lowest BCUT2D eigenvalue weighted by molar-refractivity contribution is -0.150. The van der Waals surface area contributed by atoms with Crippen LogP contribution in [0.4, 0.5) is 0 Å². The number of hydrogen-bond acceptors (Lipinski definition) is 3. The van der Waals surface area contributed by atoms with E-state index in [9.17, 15) is 9.59 Å². The summed E-state index contributed by atoms with van der Waals surface area (Å²) < 4.78 is 0. The molecule has 0 fully saturated rings. The van der Waals surface area contributed by atoms with Crippen LogP contribution in [0.15, 0.2) is 0 Å². The summed E-state index contributed by atoms with van der Waals surface area (Å²) in [5, 5.41) is 17.7. The van der Waals surface area contributed by atoms with E-state index in [-0.39, 0.29) is 25.1 Å². The minimum Gasteiger partial charge on any atom is -0.481 e. The molecule has 2 atom stereocenters. The van der Waals surface area contributed by atoms with Crippen molar-refractivity contribution in [2.24, 2.45) is 11.8 Å². The fourth-order valence-electron chi connectivity index (χ4n) is 1.42. The van der Waals surface area contributed by atoms with Gasteiger partial charge >= 0.3 is 5.97 Å². The van der Waals surface area contributed by atoms with Crippen molar-refractivity contribution in [1.29, 1.82) is 0 Å². The molecule has 0 aliphatic carbocycles. The predicted octanol–water partition coefficient (Wildman–Crippen LogP) is 0.573. The topological polar surface area (TPSA) is 77.8 Å². The number of rotatable bonds is 6. The minimum absolute atomic E-state index is 0.0388. The molecule has 2 N–H and O–H groups in total. The van der Waals surface area contributed by atoms with Crippen molar-refractivity contribution >= 4 is 11.9 Å². The van der Waals surface area contributed by atoms with Gasteiger partial charge in [-0.15, -0.1) is 0 Å². The fourth-order valence-corrected chi connectivity index (χ4v) is 1.42. The Hall–Kier alpha value is -1.10. The average Bonchev–Trinajstić information content (AvgIpc) is 2.22. The van der Waals surface area contributed by atoms with E-state index in [1.54, 1.807) is 6.92 Å². The predicted molar refractivity (Wildman–Crippen MR) is 59.9 cm³/mol. The average molecular weight is 231 g/mol. The van der Waals surface area contributed by atoms with E-state index < -0.39 is 17.8 Å². The monoisotopic (exact) mass is 231 g/mol. The SMILES string of the molecule is CC(C(=O)O)C(C)C(=O)N(CCO)C(C)C. The maximum atomic E-state index is 12.0. The lowest BCUT2D eigenvalue weighted by atomic mass is 9.94. The second kappa shape index (κ2) is 6.48. The van der Waals surface area contributed by atoms with Gasteiger partial charge in [-0.2, -0.15) is 0 Å². The number of hydrogen-bond donors (Lipinski definition) is 2. The standard InChI is InChI=1S/C11H21NO4/c1-7(2)12(5-6-13)10(14)8(3)9(4)11(15)16/h7-9,13H,5-6H2,1-4H3,(H,15,16). The van der Waals surface area contributed by atoms with Crippen molar-refractivity contribution in [2.45, 2.75) is 33.7 Å². The summed E-state index contributed by atoms with van der Waals surface area (Å²) in [7, 11) is 0. The van der Waals surface area contributed by atoms with Crippen molar-refractivity contribution in [1.82, 2.24) is 4.90 Å². The summed E-state index contributed by atoms with van der Waals surface area (Å²) in [5.74, 6) is -2.49. The third-order valence-electron chi connectivity index (χ3n) is 2.78. The van der Waals surface area contributed by atoms with Crippen molar-refractivity contribution < 1.29 is 19.8 Å². The first-order valence-corrected chi connectivity index (χ1v) is 5.47. The number of aliphatic hydroxyl groups is 1. The number of carboxylic acids is 1. The Morgan fingerprint density at radius 3 is 1.94 bits per heavy atom. The van der Waals surface area contributed by atoms with Crippen LogP contribution in [0, 0.1) is 11.8 Å². The molecule has 0 aromatic carbocycles. The molecule has 0 saturated heterocycles. The van der Waals surface area contributed by atoms with Gasteiger partial charge in [-0.3, -0.25) is 9.59 Å². The maximum absolute atomic E-state index is 12.0. The molecule has 0 saturated carbocycles. The van der Waals surface area contributed by atoms with Gasteiger partial charge in [0, 0.05) is 18.5 Å². The molecule has 0 rings (SSSR count). The Morgan fingerprint density at radius 1 is 1.12 bits per heavy atom. The molecule has 1 amide bonds. The van der Waals surface area contributed by atoms with Gasteiger partial charge in [-0.25, -0.2) is 0 Å². The lowest BCUT2D eigenvalue weighted by Crippen LogP contribution is -2.44. The third kappa shape index (κ3) is 3.81. The van der Waals surface area contributed by atoms with Crippen LogP contribution in [-0.4, -0.2) is 46.2 Å². The summed E-state index contributed by atoms with van der Waals surface area (Å²) in [5.41, 5.74) is 0. The third-order valence-corrected chi connectivity index (χ3v) is 2.78. The second-order valence-electron chi connectivity index (χ2n) is 4.26. The summed E-state index contributed by atoms with van der Waals surface area (Å²) in [6, 6.07) is -0.0388. The van der Waals surface area contributed by atoms with Gasteiger partial charge in [0.1, 0.15) is 0 Å². The zero-order chi connectivity index (χ0) is 12.9.